The highest BCUT2D eigenvalue weighted by Crippen LogP contribution is 2.47. The number of rotatable bonds is 6. The van der Waals surface area contributed by atoms with E-state index in [9.17, 15) is 8.78 Å². The normalized spacial score (nSPS) is 11.5. The van der Waals surface area contributed by atoms with Crippen molar-refractivity contribution in [3.05, 3.63) is 169 Å². The van der Waals surface area contributed by atoms with Crippen molar-refractivity contribution in [1.82, 2.24) is 0 Å². The molecule has 0 unspecified atom stereocenters. The van der Waals surface area contributed by atoms with Crippen LogP contribution < -0.4 is 9.80 Å². The quantitative estimate of drug-likeness (QED) is 0.137. The van der Waals surface area contributed by atoms with Gasteiger partial charge in [0.15, 0.2) is 0 Å². The third-order valence-electron chi connectivity index (χ3n) is 8.44. The van der Waals surface area contributed by atoms with Gasteiger partial charge in [0, 0.05) is 28.2 Å². The molecule has 0 radical (unpaired) electrons. The van der Waals surface area contributed by atoms with Crippen molar-refractivity contribution in [2.75, 3.05) is 9.80 Å². The Morgan fingerprint density at radius 1 is 0.348 bits per heavy atom. The lowest BCUT2D eigenvalue weighted by Gasteiger charge is -2.29. The van der Waals surface area contributed by atoms with Crippen LogP contribution in [0.4, 0.5) is 51.7 Å². The lowest BCUT2D eigenvalue weighted by atomic mass is 9.91. The molecule has 8 aromatic rings. The molecule has 0 aromatic heterocycles. The maximum atomic E-state index is 15.4. The van der Waals surface area contributed by atoms with Crippen LogP contribution in [-0.4, -0.2) is 0 Å². The van der Waals surface area contributed by atoms with E-state index in [1.807, 2.05) is 78.9 Å². The number of nitrogens with zero attached hydrogens (tertiary/aromatic N) is 2. The maximum absolute atomic E-state index is 15.4. The minimum atomic E-state index is -0.684. The van der Waals surface area contributed by atoms with Gasteiger partial charge >= 0.3 is 0 Å². The summed E-state index contributed by atoms with van der Waals surface area (Å²) in [4.78, 5) is 3.59. The Bertz CT molecular complexity index is 2300. The monoisotopic (exact) mass is 608 g/mol. The van der Waals surface area contributed by atoms with Crippen LogP contribution in [0.15, 0.2) is 146 Å². The summed E-state index contributed by atoms with van der Waals surface area (Å²) in [6.07, 6.45) is 0. The zero-order valence-electron chi connectivity index (χ0n) is 24.3. The minimum absolute atomic E-state index is 0.213. The van der Waals surface area contributed by atoms with Gasteiger partial charge < -0.3 is 9.80 Å². The van der Waals surface area contributed by atoms with Crippen LogP contribution in [0.3, 0.4) is 0 Å². The smallest absolute Gasteiger partial charge is 0.150 e. The van der Waals surface area contributed by atoms with Crippen molar-refractivity contribution < 1.29 is 17.6 Å². The van der Waals surface area contributed by atoms with Gasteiger partial charge in [-0.05, 0) is 94.3 Å². The molecule has 0 aliphatic rings. The summed E-state index contributed by atoms with van der Waals surface area (Å²) in [7, 11) is 0. The zero-order chi connectivity index (χ0) is 31.4. The Kier molecular flexibility index (Phi) is 6.57. The Morgan fingerprint density at radius 2 is 0.826 bits per heavy atom. The van der Waals surface area contributed by atoms with E-state index in [1.165, 1.54) is 30.3 Å². The Hall–Kier alpha value is -5.88. The van der Waals surface area contributed by atoms with Gasteiger partial charge in [-0.1, -0.05) is 66.7 Å². The molecular formula is C40H24F4N2. The standard InChI is InChI=1S/C40H24F4N2/c41-27-14-17-30(18-15-27)46(37-9-5-4-8-33(37)43)36-22-13-26-10-19-31-35(21-12-25-11-20-32(36)40(26)39(25)31)45(29-6-2-1-3-7-29)38-23-16-28(42)24-34(38)44/h1-24H. The zero-order valence-corrected chi connectivity index (χ0v) is 24.3. The Morgan fingerprint density at radius 3 is 1.41 bits per heavy atom. The summed E-state index contributed by atoms with van der Waals surface area (Å²) in [5.74, 6) is -2.14. The molecule has 2 nitrogen and oxygen atoms in total. The number of hydrogen-bond donors (Lipinski definition) is 0. The predicted molar refractivity (Wildman–Crippen MR) is 179 cm³/mol. The summed E-state index contributed by atoms with van der Waals surface area (Å²) in [6, 6.07) is 41.4. The Labute approximate surface area is 262 Å². The molecule has 0 N–H and O–H groups in total. The summed E-state index contributed by atoms with van der Waals surface area (Å²) in [5.41, 5.74) is 3.29. The SMILES string of the molecule is Fc1ccc(N(c2ccccc2F)c2ccc3ccc4c(N(c5ccccc5)c5ccc(F)cc5F)ccc5ccc2c3c54)cc1. The fourth-order valence-corrected chi connectivity index (χ4v) is 6.44. The summed E-state index contributed by atoms with van der Waals surface area (Å²) in [6.45, 7) is 0. The lowest BCUT2D eigenvalue weighted by Crippen LogP contribution is -2.13. The topological polar surface area (TPSA) is 6.48 Å². The van der Waals surface area contributed by atoms with E-state index >= 15 is 8.78 Å². The van der Waals surface area contributed by atoms with Gasteiger partial charge in [0.2, 0.25) is 0 Å². The molecule has 0 spiro atoms. The van der Waals surface area contributed by atoms with Crippen LogP contribution in [0.2, 0.25) is 0 Å². The third-order valence-corrected chi connectivity index (χ3v) is 8.44. The molecule has 0 aliphatic heterocycles. The van der Waals surface area contributed by atoms with Gasteiger partial charge in [0.05, 0.1) is 22.7 Å². The molecule has 0 fully saturated rings. The van der Waals surface area contributed by atoms with Gasteiger partial charge in [-0.15, -0.1) is 0 Å². The molecule has 222 valence electrons. The van der Waals surface area contributed by atoms with Crippen LogP contribution in [-0.2, 0) is 0 Å². The minimum Gasteiger partial charge on any atom is -0.307 e. The highest BCUT2D eigenvalue weighted by atomic mass is 19.1. The van der Waals surface area contributed by atoms with E-state index in [0.29, 0.717) is 28.4 Å². The largest absolute Gasteiger partial charge is 0.307 e. The fourth-order valence-electron chi connectivity index (χ4n) is 6.44. The summed E-state index contributed by atoms with van der Waals surface area (Å²) >= 11 is 0. The second-order valence-corrected chi connectivity index (χ2v) is 11.1. The van der Waals surface area contributed by atoms with E-state index in [-0.39, 0.29) is 11.5 Å². The van der Waals surface area contributed by atoms with Gasteiger partial charge in [0.25, 0.3) is 0 Å². The number of para-hydroxylation sites is 2. The van der Waals surface area contributed by atoms with Gasteiger partial charge in [-0.3, -0.25) is 0 Å². The number of halogens is 4. The van der Waals surface area contributed by atoms with Crippen LogP contribution >= 0.6 is 0 Å². The third kappa shape index (κ3) is 4.49. The maximum Gasteiger partial charge on any atom is 0.150 e. The number of anilines is 6. The first kappa shape index (κ1) is 27.7. The van der Waals surface area contributed by atoms with Gasteiger partial charge in [-0.25, -0.2) is 17.6 Å². The van der Waals surface area contributed by atoms with E-state index in [2.05, 4.69) is 0 Å². The molecule has 6 heteroatoms. The van der Waals surface area contributed by atoms with Crippen molar-refractivity contribution in [2.45, 2.75) is 0 Å². The average Bonchev–Trinajstić information content (AvgIpc) is 3.08. The van der Waals surface area contributed by atoms with Crippen molar-refractivity contribution in [1.29, 1.82) is 0 Å². The van der Waals surface area contributed by atoms with E-state index < -0.39 is 17.5 Å². The van der Waals surface area contributed by atoms with Crippen LogP contribution in [0.1, 0.15) is 0 Å². The first-order valence-electron chi connectivity index (χ1n) is 14.8. The molecule has 0 heterocycles. The van der Waals surface area contributed by atoms with Crippen molar-refractivity contribution in [3.8, 4) is 0 Å². The Balaban J connectivity index is 1.42. The van der Waals surface area contributed by atoms with E-state index in [4.69, 9.17) is 0 Å². The average molecular weight is 609 g/mol. The van der Waals surface area contributed by atoms with Crippen LogP contribution in [0, 0.1) is 23.3 Å². The first-order chi connectivity index (χ1) is 22.5. The van der Waals surface area contributed by atoms with Crippen molar-refractivity contribution in [2.24, 2.45) is 0 Å². The molecule has 0 bridgehead atoms. The molecular weight excluding hydrogens is 584 g/mol. The molecule has 8 aromatic carbocycles. The molecule has 0 saturated heterocycles. The van der Waals surface area contributed by atoms with Crippen LogP contribution in [0.25, 0.3) is 32.3 Å². The molecule has 46 heavy (non-hydrogen) atoms. The predicted octanol–water partition coefficient (Wildman–Crippen LogP) is 12.1. The molecule has 0 amide bonds. The number of hydrogen-bond acceptors (Lipinski definition) is 2. The highest BCUT2D eigenvalue weighted by Gasteiger charge is 2.23. The molecule has 0 aliphatic carbocycles. The molecule has 0 saturated carbocycles. The van der Waals surface area contributed by atoms with Gasteiger partial charge in [-0.2, -0.15) is 0 Å². The van der Waals surface area contributed by atoms with Crippen LogP contribution in [0.5, 0.6) is 0 Å². The molecule has 0 atom stereocenters. The first-order valence-corrected chi connectivity index (χ1v) is 14.8. The van der Waals surface area contributed by atoms with E-state index in [1.54, 1.807) is 40.1 Å². The molecule has 8 rings (SSSR count). The van der Waals surface area contributed by atoms with Gasteiger partial charge in [0.1, 0.15) is 23.3 Å². The second-order valence-electron chi connectivity index (χ2n) is 11.1. The summed E-state index contributed by atoms with van der Waals surface area (Å²) in [5, 5.41) is 5.57. The van der Waals surface area contributed by atoms with Crippen molar-refractivity contribution in [3.63, 3.8) is 0 Å². The lowest BCUT2D eigenvalue weighted by molar-refractivity contribution is 0.584. The summed E-state index contributed by atoms with van der Waals surface area (Å²) < 4.78 is 58.9. The second kappa shape index (κ2) is 10.9. The fraction of sp³-hybridized carbons (Fsp3) is 0. The number of benzene rings is 8. The van der Waals surface area contributed by atoms with Crippen molar-refractivity contribution >= 4 is 66.4 Å². The van der Waals surface area contributed by atoms with E-state index in [0.717, 1.165) is 38.4 Å². The highest BCUT2D eigenvalue weighted by molar-refractivity contribution is 6.28.